The van der Waals surface area contributed by atoms with Gasteiger partial charge < -0.3 is 10.6 Å². The number of carbonyl (C=O) groups is 1. The summed E-state index contributed by atoms with van der Waals surface area (Å²) in [6, 6.07) is 4.03. The van der Waals surface area contributed by atoms with Gasteiger partial charge in [-0.15, -0.1) is 0 Å². The molecule has 0 aliphatic heterocycles. The van der Waals surface area contributed by atoms with E-state index in [1.807, 2.05) is 6.07 Å². The maximum absolute atomic E-state index is 13.3. The van der Waals surface area contributed by atoms with Crippen molar-refractivity contribution in [3.8, 4) is 6.07 Å². The van der Waals surface area contributed by atoms with Crippen LogP contribution in [0.15, 0.2) is 18.2 Å². The Morgan fingerprint density at radius 1 is 1.50 bits per heavy atom. The number of hydrogen-bond donors (Lipinski definition) is 2. The smallest absolute Gasteiger partial charge is 0.320 e. The van der Waals surface area contributed by atoms with Gasteiger partial charge in [-0.3, -0.25) is 0 Å². The Bertz CT molecular complexity index is 499. The molecule has 0 bridgehead atoms. The number of carbonyl (C=O) groups excluding carboxylic acids is 1. The minimum Gasteiger partial charge on any atom is -0.320 e. The first-order valence-electron chi connectivity index (χ1n) is 5.35. The van der Waals surface area contributed by atoms with E-state index >= 15 is 0 Å². The first-order valence-corrected chi connectivity index (χ1v) is 5.35. The second kappa shape index (κ2) is 5.45. The van der Waals surface area contributed by atoms with Gasteiger partial charge in [-0.1, -0.05) is 6.92 Å². The highest BCUT2D eigenvalue weighted by molar-refractivity contribution is 5.90. The molecule has 1 aromatic carbocycles. The Kier molecular flexibility index (Phi) is 4.21. The number of urea groups is 1. The summed E-state index contributed by atoms with van der Waals surface area (Å²) in [5, 5.41) is 13.5. The van der Waals surface area contributed by atoms with Gasteiger partial charge in [0.05, 0.1) is 11.8 Å². The van der Waals surface area contributed by atoms with Crippen LogP contribution < -0.4 is 10.6 Å². The molecular weight excluding hydrogens is 240 g/mol. The van der Waals surface area contributed by atoms with Crippen molar-refractivity contribution in [3.63, 3.8) is 0 Å². The summed E-state index contributed by atoms with van der Waals surface area (Å²) in [5.41, 5.74) is -1.18. The van der Waals surface area contributed by atoms with Gasteiger partial charge in [0.15, 0.2) is 0 Å². The molecule has 0 radical (unpaired) electrons. The van der Waals surface area contributed by atoms with Gasteiger partial charge in [0, 0.05) is 6.07 Å². The molecule has 0 saturated heterocycles. The van der Waals surface area contributed by atoms with Gasteiger partial charge in [-0.2, -0.15) is 5.26 Å². The van der Waals surface area contributed by atoms with Crippen LogP contribution in [0.1, 0.15) is 20.3 Å². The fraction of sp³-hybridized carbons (Fsp3) is 0.333. The summed E-state index contributed by atoms with van der Waals surface area (Å²) >= 11 is 0. The van der Waals surface area contributed by atoms with Gasteiger partial charge in [0.2, 0.25) is 0 Å². The summed E-state index contributed by atoms with van der Waals surface area (Å²) in [6.45, 7) is 3.29. The van der Waals surface area contributed by atoms with Crippen molar-refractivity contribution in [2.45, 2.75) is 25.8 Å². The van der Waals surface area contributed by atoms with E-state index in [9.17, 15) is 13.6 Å². The second-order valence-electron chi connectivity index (χ2n) is 4.00. The van der Waals surface area contributed by atoms with Crippen LogP contribution in [-0.2, 0) is 0 Å². The molecule has 2 amide bonds. The number of anilines is 1. The second-order valence-corrected chi connectivity index (χ2v) is 4.00. The number of rotatable bonds is 3. The van der Waals surface area contributed by atoms with Crippen LogP contribution in [-0.4, -0.2) is 11.6 Å². The predicted molar refractivity (Wildman–Crippen MR) is 62.8 cm³/mol. The lowest BCUT2D eigenvalue weighted by molar-refractivity contribution is 0.244. The Hall–Kier alpha value is -2.16. The number of nitriles is 1. The first kappa shape index (κ1) is 13.9. The molecule has 18 heavy (non-hydrogen) atoms. The predicted octanol–water partition coefficient (Wildman–Crippen LogP) is 2.78. The highest BCUT2D eigenvalue weighted by Gasteiger charge is 2.23. The lowest BCUT2D eigenvalue weighted by atomic mass is 10.0. The molecule has 0 heterocycles. The molecule has 0 aliphatic rings. The minimum absolute atomic E-state index is 0.148. The molecule has 0 aromatic heterocycles. The van der Waals surface area contributed by atoms with Crippen LogP contribution in [0.4, 0.5) is 19.3 Å². The van der Waals surface area contributed by atoms with Gasteiger partial charge >= 0.3 is 6.03 Å². The molecule has 96 valence electrons. The van der Waals surface area contributed by atoms with Crippen molar-refractivity contribution in [2.75, 3.05) is 5.32 Å². The highest BCUT2D eigenvalue weighted by Crippen LogP contribution is 2.15. The Morgan fingerprint density at radius 2 is 2.17 bits per heavy atom. The maximum atomic E-state index is 13.3. The van der Waals surface area contributed by atoms with Crippen molar-refractivity contribution < 1.29 is 13.6 Å². The van der Waals surface area contributed by atoms with E-state index in [0.717, 1.165) is 12.1 Å². The van der Waals surface area contributed by atoms with Crippen molar-refractivity contribution in [1.29, 1.82) is 5.26 Å². The van der Waals surface area contributed by atoms with E-state index in [-0.39, 0.29) is 5.69 Å². The normalized spacial score (nSPS) is 13.3. The number of amides is 2. The summed E-state index contributed by atoms with van der Waals surface area (Å²) in [6.07, 6.45) is 0.406. The number of hydrogen-bond acceptors (Lipinski definition) is 2. The van der Waals surface area contributed by atoms with Crippen LogP contribution in [0.5, 0.6) is 0 Å². The van der Waals surface area contributed by atoms with Gasteiger partial charge in [0.25, 0.3) is 0 Å². The number of halogens is 2. The van der Waals surface area contributed by atoms with Crippen LogP contribution in [0, 0.1) is 23.0 Å². The quantitative estimate of drug-likeness (QED) is 0.869. The third-order valence-electron chi connectivity index (χ3n) is 2.52. The third kappa shape index (κ3) is 3.42. The molecule has 0 aliphatic carbocycles. The van der Waals surface area contributed by atoms with E-state index in [1.54, 1.807) is 13.8 Å². The largest absolute Gasteiger partial charge is 0.320 e. The fourth-order valence-corrected chi connectivity index (χ4v) is 1.19. The SMILES string of the molecule is CCC(C)(C#N)NC(=O)Nc1ccc(F)cc1F. The molecule has 1 atom stereocenters. The van der Waals surface area contributed by atoms with Gasteiger partial charge in [0.1, 0.15) is 17.2 Å². The topological polar surface area (TPSA) is 64.9 Å². The van der Waals surface area contributed by atoms with E-state index in [2.05, 4.69) is 10.6 Å². The molecule has 4 nitrogen and oxygen atoms in total. The molecule has 0 saturated carbocycles. The van der Waals surface area contributed by atoms with Crippen LogP contribution >= 0.6 is 0 Å². The zero-order valence-electron chi connectivity index (χ0n) is 10.1. The number of nitrogens with zero attached hydrogens (tertiary/aromatic N) is 1. The lowest BCUT2D eigenvalue weighted by Gasteiger charge is -2.21. The molecule has 0 spiro atoms. The molecule has 0 fully saturated rings. The van der Waals surface area contributed by atoms with Crippen molar-refractivity contribution in [1.82, 2.24) is 5.32 Å². The van der Waals surface area contributed by atoms with E-state index in [1.165, 1.54) is 0 Å². The van der Waals surface area contributed by atoms with Crippen molar-refractivity contribution in [2.24, 2.45) is 0 Å². The van der Waals surface area contributed by atoms with Crippen LogP contribution in [0.2, 0.25) is 0 Å². The molecule has 2 N–H and O–H groups in total. The molecular formula is C12H13F2N3O. The monoisotopic (exact) mass is 253 g/mol. The van der Waals surface area contributed by atoms with Crippen molar-refractivity contribution >= 4 is 11.7 Å². The molecule has 1 unspecified atom stereocenters. The molecule has 1 aromatic rings. The van der Waals surface area contributed by atoms with Crippen LogP contribution in [0.3, 0.4) is 0 Å². The fourth-order valence-electron chi connectivity index (χ4n) is 1.19. The summed E-state index contributed by atoms with van der Waals surface area (Å²) < 4.78 is 25.9. The standard InChI is InChI=1S/C12H13F2N3O/c1-3-12(2,7-15)17-11(18)16-10-5-4-8(13)6-9(10)14/h4-6H,3H2,1-2H3,(H2,16,17,18). The van der Waals surface area contributed by atoms with Gasteiger partial charge in [-0.05, 0) is 25.5 Å². The zero-order chi connectivity index (χ0) is 13.8. The summed E-state index contributed by atoms with van der Waals surface area (Å²) in [5.74, 6) is -1.60. The minimum atomic E-state index is -1.03. The van der Waals surface area contributed by atoms with Gasteiger partial charge in [-0.25, -0.2) is 13.6 Å². The third-order valence-corrected chi connectivity index (χ3v) is 2.52. The Morgan fingerprint density at radius 3 is 2.67 bits per heavy atom. The summed E-state index contributed by atoms with van der Waals surface area (Å²) in [4.78, 5) is 11.5. The average molecular weight is 253 g/mol. The Balaban J connectivity index is 2.74. The van der Waals surface area contributed by atoms with E-state index in [4.69, 9.17) is 5.26 Å². The molecule has 6 heteroatoms. The summed E-state index contributed by atoms with van der Waals surface area (Å²) in [7, 11) is 0. The number of nitrogens with one attached hydrogen (secondary N) is 2. The van der Waals surface area contributed by atoms with E-state index < -0.39 is 23.2 Å². The average Bonchev–Trinajstić information content (AvgIpc) is 2.32. The Labute approximate surface area is 104 Å². The number of benzene rings is 1. The zero-order valence-corrected chi connectivity index (χ0v) is 10.1. The van der Waals surface area contributed by atoms with Crippen LogP contribution in [0.25, 0.3) is 0 Å². The lowest BCUT2D eigenvalue weighted by Crippen LogP contribution is -2.46. The van der Waals surface area contributed by atoms with E-state index in [0.29, 0.717) is 12.5 Å². The maximum Gasteiger partial charge on any atom is 0.320 e. The highest BCUT2D eigenvalue weighted by atomic mass is 19.1. The molecule has 1 rings (SSSR count). The first-order chi connectivity index (χ1) is 8.40. The van der Waals surface area contributed by atoms with Crippen molar-refractivity contribution in [3.05, 3.63) is 29.8 Å².